The maximum Gasteiger partial charge on any atom is 0.0598 e. The fraction of sp³-hybridized carbons (Fsp3) is 1.00. The molecule has 0 aromatic heterocycles. The molecule has 0 aliphatic carbocycles. The molecular formula is C8H18N2O2. The Morgan fingerprint density at radius 1 is 1.50 bits per heavy atom. The van der Waals surface area contributed by atoms with Gasteiger partial charge in [-0.25, -0.2) is 0 Å². The highest BCUT2D eigenvalue weighted by molar-refractivity contribution is 4.71. The second-order valence-electron chi connectivity index (χ2n) is 3.34. The zero-order valence-corrected chi connectivity index (χ0v) is 7.33. The summed E-state index contributed by atoms with van der Waals surface area (Å²) in [6, 6.07) is 0.0492. The molecule has 1 aliphatic heterocycles. The number of rotatable bonds is 4. The molecule has 1 fully saturated rings. The van der Waals surface area contributed by atoms with Gasteiger partial charge in [-0.3, -0.25) is 11.3 Å². The van der Waals surface area contributed by atoms with Gasteiger partial charge in [0.2, 0.25) is 0 Å². The van der Waals surface area contributed by atoms with Gasteiger partial charge in [-0.2, -0.15) is 0 Å². The van der Waals surface area contributed by atoms with Crippen LogP contribution in [-0.4, -0.2) is 31.0 Å². The normalized spacial score (nSPS) is 22.5. The van der Waals surface area contributed by atoms with Crippen molar-refractivity contribution in [1.29, 1.82) is 0 Å². The topological polar surface area (TPSA) is 67.5 Å². The van der Waals surface area contributed by atoms with Crippen LogP contribution in [0.25, 0.3) is 0 Å². The molecule has 12 heavy (non-hydrogen) atoms. The van der Waals surface area contributed by atoms with E-state index in [0.717, 1.165) is 32.5 Å². The van der Waals surface area contributed by atoms with E-state index in [4.69, 9.17) is 15.7 Å². The summed E-state index contributed by atoms with van der Waals surface area (Å²) in [6.45, 7) is 1.83. The molecule has 1 heterocycles. The van der Waals surface area contributed by atoms with Crippen molar-refractivity contribution in [2.24, 2.45) is 11.8 Å². The van der Waals surface area contributed by atoms with Crippen molar-refractivity contribution in [3.8, 4) is 0 Å². The monoisotopic (exact) mass is 174 g/mol. The van der Waals surface area contributed by atoms with Gasteiger partial charge in [-0.15, -0.1) is 0 Å². The van der Waals surface area contributed by atoms with Gasteiger partial charge < -0.3 is 9.84 Å². The Morgan fingerprint density at radius 2 is 2.17 bits per heavy atom. The molecule has 0 spiro atoms. The molecule has 0 radical (unpaired) electrons. The minimum Gasteiger partial charge on any atom is -0.395 e. The Morgan fingerprint density at radius 3 is 2.67 bits per heavy atom. The second-order valence-corrected chi connectivity index (χ2v) is 3.34. The lowest BCUT2D eigenvalue weighted by Gasteiger charge is -2.25. The lowest BCUT2D eigenvalue weighted by molar-refractivity contribution is 0.0574. The van der Waals surface area contributed by atoms with Crippen molar-refractivity contribution in [2.45, 2.75) is 25.3 Å². The first-order valence-electron chi connectivity index (χ1n) is 4.51. The van der Waals surface area contributed by atoms with Crippen LogP contribution in [0.4, 0.5) is 0 Å². The fourth-order valence-corrected chi connectivity index (χ4v) is 1.58. The molecule has 0 unspecified atom stereocenters. The number of nitrogens with one attached hydrogen (secondary N) is 1. The van der Waals surface area contributed by atoms with Gasteiger partial charge in [-0.05, 0) is 25.2 Å². The van der Waals surface area contributed by atoms with Crippen molar-refractivity contribution >= 4 is 0 Å². The molecule has 1 aliphatic rings. The van der Waals surface area contributed by atoms with Crippen LogP contribution in [0, 0.1) is 5.92 Å². The van der Waals surface area contributed by atoms with Crippen LogP contribution in [0.15, 0.2) is 0 Å². The van der Waals surface area contributed by atoms with Crippen LogP contribution < -0.4 is 11.3 Å². The summed E-state index contributed by atoms with van der Waals surface area (Å²) >= 11 is 0. The van der Waals surface area contributed by atoms with Crippen LogP contribution in [0.5, 0.6) is 0 Å². The smallest absolute Gasteiger partial charge is 0.0598 e. The predicted octanol–water partition coefficient (Wildman–Crippen LogP) is -0.373. The van der Waals surface area contributed by atoms with E-state index in [1.54, 1.807) is 0 Å². The predicted molar refractivity (Wildman–Crippen MR) is 46.4 cm³/mol. The summed E-state index contributed by atoms with van der Waals surface area (Å²) in [4.78, 5) is 0. The summed E-state index contributed by atoms with van der Waals surface area (Å²) < 4.78 is 5.23. The van der Waals surface area contributed by atoms with E-state index in [1.165, 1.54) is 0 Å². The number of hydrazine groups is 1. The summed E-state index contributed by atoms with van der Waals surface area (Å²) in [7, 11) is 0. The third-order valence-corrected chi connectivity index (χ3v) is 2.41. The van der Waals surface area contributed by atoms with Gasteiger partial charge in [-0.1, -0.05) is 0 Å². The quantitative estimate of drug-likeness (QED) is 0.402. The molecule has 0 saturated carbocycles. The Kier molecular flexibility index (Phi) is 4.53. The van der Waals surface area contributed by atoms with Crippen LogP contribution in [0.1, 0.15) is 19.3 Å². The zero-order valence-electron chi connectivity index (χ0n) is 7.33. The third kappa shape index (κ3) is 3.06. The minimum absolute atomic E-state index is 0.0492. The van der Waals surface area contributed by atoms with Crippen LogP contribution in [0.2, 0.25) is 0 Å². The van der Waals surface area contributed by atoms with Gasteiger partial charge in [0.15, 0.2) is 0 Å². The fourth-order valence-electron chi connectivity index (χ4n) is 1.58. The zero-order chi connectivity index (χ0) is 8.81. The third-order valence-electron chi connectivity index (χ3n) is 2.41. The number of hydrogen-bond donors (Lipinski definition) is 3. The molecule has 4 N–H and O–H groups in total. The van der Waals surface area contributed by atoms with E-state index in [2.05, 4.69) is 5.43 Å². The van der Waals surface area contributed by atoms with E-state index in [9.17, 15) is 0 Å². The van der Waals surface area contributed by atoms with Crippen LogP contribution in [0.3, 0.4) is 0 Å². The SMILES string of the molecule is NN[C@H](CO)CC1CCOCC1. The summed E-state index contributed by atoms with van der Waals surface area (Å²) in [6.07, 6.45) is 3.15. The first-order valence-corrected chi connectivity index (χ1v) is 4.51. The van der Waals surface area contributed by atoms with E-state index in [0.29, 0.717) is 5.92 Å². The second kappa shape index (κ2) is 5.48. The maximum absolute atomic E-state index is 8.88. The number of aliphatic hydroxyl groups is 1. The Bertz CT molecular complexity index is 112. The van der Waals surface area contributed by atoms with Crippen molar-refractivity contribution in [2.75, 3.05) is 19.8 Å². The molecule has 72 valence electrons. The highest BCUT2D eigenvalue weighted by atomic mass is 16.5. The lowest BCUT2D eigenvalue weighted by Crippen LogP contribution is -2.40. The van der Waals surface area contributed by atoms with Crippen LogP contribution >= 0.6 is 0 Å². The van der Waals surface area contributed by atoms with Crippen molar-refractivity contribution < 1.29 is 9.84 Å². The molecule has 1 rings (SSSR count). The highest BCUT2D eigenvalue weighted by Crippen LogP contribution is 2.19. The molecule has 0 amide bonds. The van der Waals surface area contributed by atoms with E-state index in [-0.39, 0.29) is 12.6 Å². The molecule has 4 heteroatoms. The number of aliphatic hydroxyl groups excluding tert-OH is 1. The molecular weight excluding hydrogens is 156 g/mol. The number of hydrogen-bond acceptors (Lipinski definition) is 4. The van der Waals surface area contributed by atoms with Crippen molar-refractivity contribution in [3.05, 3.63) is 0 Å². The first kappa shape index (κ1) is 9.92. The standard InChI is InChI=1S/C8H18N2O2/c9-10-8(6-11)5-7-1-3-12-4-2-7/h7-8,10-11H,1-6,9H2/t8-/m0/s1. The lowest BCUT2D eigenvalue weighted by atomic mass is 9.93. The van der Waals surface area contributed by atoms with E-state index < -0.39 is 0 Å². The van der Waals surface area contributed by atoms with Gasteiger partial charge >= 0.3 is 0 Å². The number of ether oxygens (including phenoxy) is 1. The van der Waals surface area contributed by atoms with Crippen LogP contribution in [-0.2, 0) is 4.74 Å². The summed E-state index contributed by atoms with van der Waals surface area (Å²) in [5.74, 6) is 5.92. The highest BCUT2D eigenvalue weighted by Gasteiger charge is 2.17. The van der Waals surface area contributed by atoms with E-state index in [1.807, 2.05) is 0 Å². The maximum atomic E-state index is 8.88. The van der Waals surface area contributed by atoms with Gasteiger partial charge in [0, 0.05) is 19.3 Å². The van der Waals surface area contributed by atoms with E-state index >= 15 is 0 Å². The minimum atomic E-state index is 0.0492. The molecule has 0 aromatic carbocycles. The Hall–Kier alpha value is -0.160. The van der Waals surface area contributed by atoms with Gasteiger partial charge in [0.25, 0.3) is 0 Å². The summed E-state index contributed by atoms with van der Waals surface area (Å²) in [5.41, 5.74) is 2.61. The molecule has 4 nitrogen and oxygen atoms in total. The average Bonchev–Trinajstić information content (AvgIpc) is 2.16. The molecule has 1 atom stereocenters. The average molecular weight is 174 g/mol. The van der Waals surface area contributed by atoms with Gasteiger partial charge in [0.1, 0.15) is 0 Å². The Labute approximate surface area is 73.1 Å². The molecule has 1 saturated heterocycles. The molecule has 0 bridgehead atoms. The van der Waals surface area contributed by atoms with Gasteiger partial charge in [0.05, 0.1) is 6.61 Å². The summed E-state index contributed by atoms with van der Waals surface area (Å²) in [5, 5.41) is 8.88. The van der Waals surface area contributed by atoms with Crippen molar-refractivity contribution in [3.63, 3.8) is 0 Å². The molecule has 0 aromatic rings. The Balaban J connectivity index is 2.18. The number of nitrogens with two attached hydrogens (primary N) is 1. The largest absolute Gasteiger partial charge is 0.395 e. The first-order chi connectivity index (χ1) is 5.86. The van der Waals surface area contributed by atoms with Crippen molar-refractivity contribution in [1.82, 2.24) is 5.43 Å².